The molecule has 2 N–H and O–H groups in total. The van der Waals surface area contributed by atoms with Crippen LogP contribution in [0, 0.1) is 11.6 Å². The molecule has 4 saturated heterocycles. The van der Waals surface area contributed by atoms with Crippen molar-refractivity contribution in [2.45, 2.75) is 43.8 Å². The summed E-state index contributed by atoms with van der Waals surface area (Å²) in [5.74, 6) is -5.74. The Labute approximate surface area is 164 Å². The summed E-state index contributed by atoms with van der Waals surface area (Å²) in [7, 11) is 0. The number of carbonyl (C=O) groups excluding carboxylic acids is 4. The summed E-state index contributed by atoms with van der Waals surface area (Å²) < 4.78 is 29.8. The SMILES string of the molecule is O=C1CCC(N2C(=O)c3cc(N4CC5CCC4CN5)c(F)c(F)c3C2=O)C(=O)N1. The Hall–Kier alpha value is -2.88. The van der Waals surface area contributed by atoms with Crippen LogP contribution in [0.2, 0.25) is 0 Å². The zero-order chi connectivity index (χ0) is 20.4. The van der Waals surface area contributed by atoms with Crippen molar-refractivity contribution in [1.29, 1.82) is 0 Å². The molecule has 0 saturated carbocycles. The molecule has 10 heteroatoms. The third kappa shape index (κ3) is 2.58. The summed E-state index contributed by atoms with van der Waals surface area (Å²) in [4.78, 5) is 51.5. The van der Waals surface area contributed by atoms with Crippen LogP contribution in [0.3, 0.4) is 0 Å². The van der Waals surface area contributed by atoms with Crippen LogP contribution in [0.4, 0.5) is 14.5 Å². The molecule has 8 nitrogen and oxygen atoms in total. The summed E-state index contributed by atoms with van der Waals surface area (Å²) in [5.41, 5.74) is -0.937. The van der Waals surface area contributed by atoms with Gasteiger partial charge in [0.15, 0.2) is 11.6 Å². The number of amides is 4. The lowest BCUT2D eigenvalue weighted by molar-refractivity contribution is -0.136. The molecule has 6 rings (SSSR count). The number of rotatable bonds is 2. The van der Waals surface area contributed by atoms with Crippen LogP contribution >= 0.6 is 0 Å². The molecule has 5 aliphatic heterocycles. The first-order chi connectivity index (χ1) is 13.9. The largest absolute Gasteiger partial charge is 0.363 e. The predicted octanol–water partition coefficient (Wildman–Crippen LogP) is 0.307. The molecule has 0 aromatic heterocycles. The molecule has 0 aliphatic carbocycles. The molecule has 4 fully saturated rings. The van der Waals surface area contributed by atoms with E-state index in [2.05, 4.69) is 10.6 Å². The van der Waals surface area contributed by atoms with E-state index in [0.717, 1.165) is 12.8 Å². The van der Waals surface area contributed by atoms with Gasteiger partial charge in [0.2, 0.25) is 11.8 Å². The van der Waals surface area contributed by atoms with Crippen molar-refractivity contribution in [3.05, 3.63) is 28.8 Å². The quantitative estimate of drug-likeness (QED) is 0.689. The maximum atomic E-state index is 14.9. The highest BCUT2D eigenvalue weighted by Gasteiger charge is 2.48. The zero-order valence-electron chi connectivity index (χ0n) is 15.3. The first-order valence-electron chi connectivity index (χ1n) is 9.60. The second-order valence-electron chi connectivity index (χ2n) is 7.88. The van der Waals surface area contributed by atoms with Gasteiger partial charge in [-0.25, -0.2) is 8.78 Å². The van der Waals surface area contributed by atoms with E-state index >= 15 is 0 Å². The predicted molar refractivity (Wildman–Crippen MR) is 95.2 cm³/mol. The second-order valence-corrected chi connectivity index (χ2v) is 7.88. The Bertz CT molecular complexity index is 973. The van der Waals surface area contributed by atoms with Gasteiger partial charge in [-0.1, -0.05) is 0 Å². The molecule has 1 aromatic rings. The molecular formula is C19H18F2N4O4. The maximum Gasteiger partial charge on any atom is 0.265 e. The van der Waals surface area contributed by atoms with E-state index in [0.29, 0.717) is 18.0 Å². The van der Waals surface area contributed by atoms with E-state index in [9.17, 15) is 28.0 Å². The Kier molecular flexibility index (Phi) is 3.95. The van der Waals surface area contributed by atoms with Crippen LogP contribution in [0.15, 0.2) is 6.07 Å². The lowest BCUT2D eigenvalue weighted by atomic mass is 9.92. The van der Waals surface area contributed by atoms with Gasteiger partial charge in [-0.2, -0.15) is 0 Å². The standard InChI is InChI=1S/C19H18F2N4O4/c20-15-12(24-7-8-1-2-9(24)6-22-8)5-10-14(16(15)21)19(29)25(18(10)28)11-3-4-13(26)23-17(11)27/h5,8-9,11,22H,1-4,6-7H2,(H,23,26,27). The Morgan fingerprint density at radius 2 is 1.79 bits per heavy atom. The van der Waals surface area contributed by atoms with E-state index in [1.54, 1.807) is 4.90 Å². The number of halogens is 2. The molecule has 1 aromatic carbocycles. The summed E-state index contributed by atoms with van der Waals surface area (Å²) in [5, 5.41) is 5.39. The van der Waals surface area contributed by atoms with Crippen LogP contribution in [0.25, 0.3) is 0 Å². The molecule has 3 unspecified atom stereocenters. The number of benzene rings is 1. The lowest BCUT2D eigenvalue weighted by Crippen LogP contribution is -2.61. The van der Waals surface area contributed by atoms with Gasteiger partial charge < -0.3 is 10.2 Å². The van der Waals surface area contributed by atoms with Crippen molar-refractivity contribution in [2.24, 2.45) is 0 Å². The van der Waals surface area contributed by atoms with Gasteiger partial charge in [0.1, 0.15) is 6.04 Å². The van der Waals surface area contributed by atoms with E-state index in [4.69, 9.17) is 0 Å². The van der Waals surface area contributed by atoms with Crippen molar-refractivity contribution < 1.29 is 28.0 Å². The number of carbonyl (C=O) groups is 4. The third-order valence-corrected chi connectivity index (χ3v) is 6.25. The number of imide groups is 2. The number of anilines is 1. The van der Waals surface area contributed by atoms with Crippen LogP contribution in [0.1, 0.15) is 46.4 Å². The molecule has 5 aliphatic rings. The fraction of sp³-hybridized carbons (Fsp3) is 0.474. The first-order valence-corrected chi connectivity index (χ1v) is 9.60. The molecule has 29 heavy (non-hydrogen) atoms. The Balaban J connectivity index is 1.54. The molecule has 0 radical (unpaired) electrons. The van der Waals surface area contributed by atoms with Crippen LogP contribution in [0.5, 0.6) is 0 Å². The fourth-order valence-corrected chi connectivity index (χ4v) is 4.76. The van der Waals surface area contributed by atoms with E-state index in [1.807, 2.05) is 0 Å². The second kappa shape index (κ2) is 6.31. The number of nitrogens with one attached hydrogen (secondary N) is 2. The van der Waals surface area contributed by atoms with Gasteiger partial charge >= 0.3 is 0 Å². The number of hydrogen-bond donors (Lipinski definition) is 2. The lowest BCUT2D eigenvalue weighted by Gasteiger charge is -2.47. The van der Waals surface area contributed by atoms with Crippen molar-refractivity contribution >= 4 is 29.3 Å². The van der Waals surface area contributed by atoms with Gasteiger partial charge in [0.25, 0.3) is 11.8 Å². The Morgan fingerprint density at radius 3 is 2.41 bits per heavy atom. The van der Waals surface area contributed by atoms with Crippen molar-refractivity contribution in [1.82, 2.24) is 15.5 Å². The molecule has 5 heterocycles. The normalized spacial score (nSPS) is 28.8. The topological polar surface area (TPSA) is 98.8 Å². The van der Waals surface area contributed by atoms with E-state index in [-0.39, 0.29) is 36.2 Å². The average Bonchev–Trinajstić information content (AvgIpc) is 2.96. The first kappa shape index (κ1) is 18.2. The van der Waals surface area contributed by atoms with Crippen LogP contribution in [-0.4, -0.2) is 59.7 Å². The molecule has 3 atom stereocenters. The number of hydrogen-bond acceptors (Lipinski definition) is 6. The van der Waals surface area contributed by atoms with Gasteiger partial charge in [0, 0.05) is 31.6 Å². The zero-order valence-corrected chi connectivity index (χ0v) is 15.3. The minimum atomic E-state index is -1.37. The minimum absolute atomic E-state index is 0.0228. The van der Waals surface area contributed by atoms with E-state index in [1.165, 1.54) is 6.07 Å². The highest BCUT2D eigenvalue weighted by atomic mass is 19.2. The van der Waals surface area contributed by atoms with Crippen molar-refractivity contribution in [3.8, 4) is 0 Å². The van der Waals surface area contributed by atoms with Crippen LogP contribution in [-0.2, 0) is 9.59 Å². The number of piperidine rings is 3. The maximum absolute atomic E-state index is 14.9. The van der Waals surface area contributed by atoms with Crippen molar-refractivity contribution in [2.75, 3.05) is 18.0 Å². The molecule has 0 spiro atoms. The summed E-state index contributed by atoms with van der Waals surface area (Å²) in [6.07, 6.45) is 1.67. The molecular weight excluding hydrogens is 386 g/mol. The highest BCUT2D eigenvalue weighted by Crippen LogP contribution is 2.37. The van der Waals surface area contributed by atoms with Gasteiger partial charge in [-0.15, -0.1) is 0 Å². The summed E-state index contributed by atoms with van der Waals surface area (Å²) in [6.45, 7) is 1.12. The van der Waals surface area contributed by atoms with Gasteiger partial charge in [0.05, 0.1) is 16.8 Å². The van der Waals surface area contributed by atoms with Crippen molar-refractivity contribution in [3.63, 3.8) is 0 Å². The molecule has 152 valence electrons. The third-order valence-electron chi connectivity index (χ3n) is 6.25. The average molecular weight is 404 g/mol. The van der Waals surface area contributed by atoms with Gasteiger partial charge in [-0.3, -0.25) is 29.4 Å². The summed E-state index contributed by atoms with van der Waals surface area (Å²) in [6, 6.07) is 0.139. The number of nitrogens with zero attached hydrogens (tertiary/aromatic N) is 2. The monoisotopic (exact) mass is 404 g/mol. The molecule has 2 bridgehead atoms. The molecule has 4 amide bonds. The van der Waals surface area contributed by atoms with Gasteiger partial charge in [-0.05, 0) is 25.3 Å². The van der Waals surface area contributed by atoms with E-state index < -0.39 is 46.9 Å². The minimum Gasteiger partial charge on any atom is -0.363 e. The summed E-state index contributed by atoms with van der Waals surface area (Å²) >= 11 is 0. The number of fused-ring (bicyclic) bond motifs is 4. The Morgan fingerprint density at radius 1 is 1.00 bits per heavy atom. The highest BCUT2D eigenvalue weighted by molar-refractivity contribution is 6.24. The fourth-order valence-electron chi connectivity index (χ4n) is 4.76. The van der Waals surface area contributed by atoms with Crippen LogP contribution < -0.4 is 15.5 Å². The number of piperazine rings is 1. The smallest absolute Gasteiger partial charge is 0.265 e.